The van der Waals surface area contributed by atoms with E-state index in [1.165, 1.54) is 27.9 Å². The van der Waals surface area contributed by atoms with Gasteiger partial charge in [-0.1, -0.05) is 57.2 Å². The van der Waals surface area contributed by atoms with Crippen molar-refractivity contribution >= 4 is 6.08 Å². The van der Waals surface area contributed by atoms with Gasteiger partial charge in [0, 0.05) is 0 Å². The van der Waals surface area contributed by atoms with Crippen LogP contribution in [0.15, 0.2) is 58.7 Å². The zero-order valence-corrected chi connectivity index (χ0v) is 12.0. The molecule has 1 aliphatic rings. The molecule has 0 saturated heterocycles. The zero-order chi connectivity index (χ0) is 13.3. The smallest absolute Gasteiger partial charge is 0.0129 e. The van der Waals surface area contributed by atoms with E-state index in [0.717, 1.165) is 0 Å². The summed E-state index contributed by atoms with van der Waals surface area (Å²) in [7, 11) is 0. The maximum Gasteiger partial charge on any atom is -0.0129 e. The van der Waals surface area contributed by atoms with Crippen molar-refractivity contribution in [3.63, 3.8) is 0 Å². The molecule has 1 aliphatic carbocycles. The van der Waals surface area contributed by atoms with Crippen molar-refractivity contribution in [2.24, 2.45) is 5.41 Å². The molecule has 0 N–H and O–H groups in total. The maximum absolute atomic E-state index is 2.34. The molecule has 1 aromatic carbocycles. The third-order valence-electron chi connectivity index (χ3n) is 3.51. The SMILES string of the molecule is CC1=CC(C(C)(C)C)=C(C)C1=Cc1ccccc1. The molecule has 0 heterocycles. The molecule has 0 radical (unpaired) electrons. The molecule has 0 amide bonds. The van der Waals surface area contributed by atoms with Crippen molar-refractivity contribution in [3.8, 4) is 0 Å². The minimum Gasteiger partial charge on any atom is -0.0622 e. The summed E-state index contributed by atoms with van der Waals surface area (Å²) in [5.74, 6) is 0. The third-order valence-corrected chi connectivity index (χ3v) is 3.51. The van der Waals surface area contributed by atoms with E-state index >= 15 is 0 Å². The molecule has 0 nitrogen and oxygen atoms in total. The summed E-state index contributed by atoms with van der Waals surface area (Å²) >= 11 is 0. The highest BCUT2D eigenvalue weighted by Crippen LogP contribution is 2.40. The summed E-state index contributed by atoms with van der Waals surface area (Å²) in [4.78, 5) is 0. The molecule has 0 aromatic heterocycles. The second kappa shape index (κ2) is 4.61. The van der Waals surface area contributed by atoms with E-state index in [4.69, 9.17) is 0 Å². The number of rotatable bonds is 1. The maximum atomic E-state index is 2.34. The second-order valence-corrected chi connectivity index (χ2v) is 6.08. The van der Waals surface area contributed by atoms with E-state index in [1.54, 1.807) is 0 Å². The Kier molecular flexibility index (Phi) is 3.30. The molecule has 18 heavy (non-hydrogen) atoms. The molecule has 0 atom stereocenters. The lowest BCUT2D eigenvalue weighted by Gasteiger charge is -2.20. The minimum atomic E-state index is 0.220. The van der Waals surface area contributed by atoms with E-state index < -0.39 is 0 Å². The first-order chi connectivity index (χ1) is 8.39. The first kappa shape index (κ1) is 12.9. The molecule has 2 rings (SSSR count). The first-order valence-electron chi connectivity index (χ1n) is 6.57. The van der Waals surface area contributed by atoms with Crippen molar-refractivity contribution in [3.05, 3.63) is 64.3 Å². The van der Waals surface area contributed by atoms with Gasteiger partial charge in [-0.3, -0.25) is 0 Å². The fraction of sp³-hybridized carbons (Fsp3) is 0.333. The molecule has 0 spiro atoms. The van der Waals surface area contributed by atoms with Gasteiger partial charge in [-0.2, -0.15) is 0 Å². The van der Waals surface area contributed by atoms with Gasteiger partial charge in [-0.05, 0) is 53.2 Å². The van der Waals surface area contributed by atoms with Gasteiger partial charge < -0.3 is 0 Å². The Bertz CT molecular complexity index is 531. The molecule has 0 aliphatic heterocycles. The number of benzene rings is 1. The molecule has 1 aromatic rings. The molecule has 0 fully saturated rings. The van der Waals surface area contributed by atoms with Gasteiger partial charge in [0.15, 0.2) is 0 Å². The van der Waals surface area contributed by atoms with Gasteiger partial charge in [0.05, 0.1) is 0 Å². The Labute approximate surface area is 111 Å². The van der Waals surface area contributed by atoms with Gasteiger partial charge in [0.25, 0.3) is 0 Å². The monoisotopic (exact) mass is 238 g/mol. The fourth-order valence-corrected chi connectivity index (χ4v) is 2.56. The van der Waals surface area contributed by atoms with Crippen LogP contribution in [-0.4, -0.2) is 0 Å². The lowest BCUT2D eigenvalue weighted by atomic mass is 9.84. The quantitative estimate of drug-likeness (QED) is 0.615. The fourth-order valence-electron chi connectivity index (χ4n) is 2.56. The Morgan fingerprint density at radius 1 is 0.944 bits per heavy atom. The summed E-state index contributed by atoms with van der Waals surface area (Å²) in [5.41, 5.74) is 7.13. The predicted octanol–water partition coefficient (Wildman–Crippen LogP) is 5.39. The van der Waals surface area contributed by atoms with Crippen molar-refractivity contribution in [2.75, 3.05) is 0 Å². The van der Waals surface area contributed by atoms with Crippen LogP contribution in [0.25, 0.3) is 6.08 Å². The first-order valence-corrected chi connectivity index (χ1v) is 6.57. The largest absolute Gasteiger partial charge is 0.0622 e. The van der Waals surface area contributed by atoms with Crippen LogP contribution >= 0.6 is 0 Å². The van der Waals surface area contributed by atoms with E-state index in [1.807, 2.05) is 0 Å². The Morgan fingerprint density at radius 3 is 2.06 bits per heavy atom. The van der Waals surface area contributed by atoms with Crippen LogP contribution in [0.5, 0.6) is 0 Å². The topological polar surface area (TPSA) is 0 Å². The zero-order valence-electron chi connectivity index (χ0n) is 12.0. The van der Waals surface area contributed by atoms with E-state index in [2.05, 4.69) is 77.1 Å². The Hall–Kier alpha value is -1.56. The summed E-state index contributed by atoms with van der Waals surface area (Å²) in [6.45, 7) is 11.3. The highest BCUT2D eigenvalue weighted by molar-refractivity contribution is 5.70. The van der Waals surface area contributed by atoms with Gasteiger partial charge in [0.1, 0.15) is 0 Å². The Morgan fingerprint density at radius 2 is 1.56 bits per heavy atom. The van der Waals surface area contributed by atoms with Crippen molar-refractivity contribution < 1.29 is 0 Å². The molecule has 94 valence electrons. The summed E-state index contributed by atoms with van der Waals surface area (Å²) in [5, 5.41) is 0. The Balaban J connectivity index is 2.46. The van der Waals surface area contributed by atoms with Gasteiger partial charge in [0.2, 0.25) is 0 Å². The minimum absolute atomic E-state index is 0.220. The van der Waals surface area contributed by atoms with Crippen LogP contribution in [0.2, 0.25) is 0 Å². The van der Waals surface area contributed by atoms with Crippen LogP contribution in [0, 0.1) is 5.41 Å². The lowest BCUT2D eigenvalue weighted by Crippen LogP contribution is -2.07. The third kappa shape index (κ3) is 2.48. The van der Waals surface area contributed by atoms with E-state index in [9.17, 15) is 0 Å². The molecule has 0 unspecified atom stereocenters. The highest BCUT2D eigenvalue weighted by Gasteiger charge is 2.24. The number of hydrogen-bond acceptors (Lipinski definition) is 0. The van der Waals surface area contributed by atoms with Gasteiger partial charge >= 0.3 is 0 Å². The number of hydrogen-bond donors (Lipinski definition) is 0. The summed E-state index contributed by atoms with van der Waals surface area (Å²) in [6.07, 6.45) is 4.63. The van der Waals surface area contributed by atoms with E-state index in [0.29, 0.717) is 0 Å². The lowest BCUT2D eigenvalue weighted by molar-refractivity contribution is 0.515. The number of allylic oxidation sites excluding steroid dienone is 5. The van der Waals surface area contributed by atoms with Gasteiger partial charge in [-0.25, -0.2) is 0 Å². The highest BCUT2D eigenvalue weighted by atomic mass is 14.3. The van der Waals surface area contributed by atoms with Crippen LogP contribution < -0.4 is 0 Å². The standard InChI is InChI=1S/C18H22/c1-13-11-17(18(3,4)5)14(2)16(13)12-15-9-7-6-8-10-15/h6-12H,1-5H3. The van der Waals surface area contributed by atoms with Crippen LogP contribution in [-0.2, 0) is 0 Å². The normalized spacial score (nSPS) is 18.5. The molecular weight excluding hydrogens is 216 g/mol. The molecular formula is C18H22. The summed E-state index contributed by atoms with van der Waals surface area (Å²) in [6, 6.07) is 10.5. The second-order valence-electron chi connectivity index (χ2n) is 6.08. The van der Waals surface area contributed by atoms with Crippen molar-refractivity contribution in [1.29, 1.82) is 0 Å². The van der Waals surface area contributed by atoms with E-state index in [-0.39, 0.29) is 5.41 Å². The van der Waals surface area contributed by atoms with Crippen LogP contribution in [0.4, 0.5) is 0 Å². The van der Waals surface area contributed by atoms with Crippen LogP contribution in [0.3, 0.4) is 0 Å². The summed E-state index contributed by atoms with van der Waals surface area (Å²) < 4.78 is 0. The molecule has 0 saturated carbocycles. The molecule has 0 bridgehead atoms. The average molecular weight is 238 g/mol. The van der Waals surface area contributed by atoms with Crippen LogP contribution in [0.1, 0.15) is 40.2 Å². The van der Waals surface area contributed by atoms with Crippen molar-refractivity contribution in [2.45, 2.75) is 34.6 Å². The predicted molar refractivity (Wildman–Crippen MR) is 80.3 cm³/mol. The average Bonchev–Trinajstić information content (AvgIpc) is 2.58. The molecule has 0 heteroatoms. The van der Waals surface area contributed by atoms with Gasteiger partial charge in [-0.15, -0.1) is 0 Å². The van der Waals surface area contributed by atoms with Crippen molar-refractivity contribution in [1.82, 2.24) is 0 Å².